The van der Waals surface area contributed by atoms with Gasteiger partial charge in [0.2, 0.25) is 0 Å². The van der Waals surface area contributed by atoms with E-state index in [9.17, 15) is 23.4 Å². The van der Waals surface area contributed by atoms with Gasteiger partial charge >= 0.3 is 6.36 Å². The van der Waals surface area contributed by atoms with Gasteiger partial charge in [-0.3, -0.25) is 0 Å². The summed E-state index contributed by atoms with van der Waals surface area (Å²) in [6.07, 6.45) is -3.33. The maximum absolute atomic E-state index is 13.1. The van der Waals surface area contributed by atoms with Crippen molar-refractivity contribution in [3.05, 3.63) is 63.7 Å². The molecule has 3 atom stereocenters. The largest absolute Gasteiger partial charge is 0.573 e. The zero-order valence-corrected chi connectivity index (χ0v) is 17.4. The highest BCUT2D eigenvalue weighted by Gasteiger charge is 2.36. The van der Waals surface area contributed by atoms with Crippen LogP contribution in [0, 0.1) is 0 Å². The lowest BCUT2D eigenvalue weighted by atomic mass is 9.85. The number of hydrogen-bond donors (Lipinski definition) is 2. The smallest absolute Gasteiger partial charge is 0.405 e. The molecular formula is C24H27F3O4. The molecule has 2 aromatic rings. The summed E-state index contributed by atoms with van der Waals surface area (Å²) in [4.78, 5) is 0. The second kappa shape index (κ2) is 8.81. The summed E-state index contributed by atoms with van der Waals surface area (Å²) < 4.78 is 49.6. The number of halogens is 3. The van der Waals surface area contributed by atoms with Gasteiger partial charge in [-0.2, -0.15) is 0 Å². The van der Waals surface area contributed by atoms with Crippen LogP contribution in [0.4, 0.5) is 13.2 Å². The van der Waals surface area contributed by atoms with Crippen LogP contribution in [-0.4, -0.2) is 35.4 Å². The van der Waals surface area contributed by atoms with Gasteiger partial charge in [-0.15, -0.1) is 13.2 Å². The lowest BCUT2D eigenvalue weighted by Crippen LogP contribution is -2.34. The molecule has 0 spiro atoms. The predicted molar refractivity (Wildman–Crippen MR) is 109 cm³/mol. The van der Waals surface area contributed by atoms with Crippen molar-refractivity contribution < 1.29 is 32.9 Å². The van der Waals surface area contributed by atoms with Gasteiger partial charge < -0.3 is 19.7 Å². The van der Waals surface area contributed by atoms with E-state index < -0.39 is 24.7 Å². The lowest BCUT2D eigenvalue weighted by molar-refractivity contribution is -0.275. The van der Waals surface area contributed by atoms with E-state index in [2.05, 4.69) is 22.9 Å². The Labute approximate surface area is 179 Å². The topological polar surface area (TPSA) is 58.9 Å². The second-order valence-corrected chi connectivity index (χ2v) is 8.39. The Morgan fingerprint density at radius 3 is 2.45 bits per heavy atom. The predicted octanol–water partition coefficient (Wildman–Crippen LogP) is 4.41. The highest BCUT2D eigenvalue weighted by molar-refractivity contribution is 5.47. The van der Waals surface area contributed by atoms with E-state index in [0.29, 0.717) is 12.8 Å². The molecule has 31 heavy (non-hydrogen) atoms. The molecule has 1 aliphatic heterocycles. The molecule has 0 aromatic heterocycles. The van der Waals surface area contributed by atoms with Crippen LogP contribution < -0.4 is 4.74 Å². The molecule has 1 aliphatic carbocycles. The fourth-order valence-electron chi connectivity index (χ4n) is 4.53. The molecule has 7 heteroatoms. The van der Waals surface area contributed by atoms with Crippen molar-refractivity contribution in [2.24, 2.45) is 0 Å². The van der Waals surface area contributed by atoms with Gasteiger partial charge in [0, 0.05) is 18.4 Å². The Kier molecular flexibility index (Phi) is 6.28. The third-order valence-electron chi connectivity index (χ3n) is 6.20. The number of aliphatic hydroxyl groups is 2. The van der Waals surface area contributed by atoms with Gasteiger partial charge in [0.15, 0.2) is 0 Å². The molecule has 168 valence electrons. The maximum atomic E-state index is 13.1. The molecule has 4 nitrogen and oxygen atoms in total. The summed E-state index contributed by atoms with van der Waals surface area (Å²) >= 11 is 0. The minimum absolute atomic E-state index is 0.147. The first-order chi connectivity index (χ1) is 14.8. The number of aryl methyl sites for hydroxylation is 3. The first kappa shape index (κ1) is 22.1. The highest BCUT2D eigenvalue weighted by Crippen LogP contribution is 2.40. The molecular weight excluding hydrogens is 409 g/mol. The summed E-state index contributed by atoms with van der Waals surface area (Å²) in [5, 5.41) is 19.6. The molecule has 1 saturated heterocycles. The van der Waals surface area contributed by atoms with Gasteiger partial charge in [0.05, 0.1) is 24.9 Å². The molecule has 3 unspecified atom stereocenters. The fourth-order valence-corrected chi connectivity index (χ4v) is 4.53. The van der Waals surface area contributed by atoms with E-state index in [1.165, 1.54) is 17.2 Å². The minimum atomic E-state index is -4.84. The number of hydrogen-bond acceptors (Lipinski definition) is 4. The van der Waals surface area contributed by atoms with Crippen LogP contribution in [0.2, 0.25) is 0 Å². The molecule has 0 saturated carbocycles. The molecule has 1 heterocycles. The van der Waals surface area contributed by atoms with E-state index in [1.807, 2.05) is 6.92 Å². The van der Waals surface area contributed by atoms with Crippen molar-refractivity contribution in [3.8, 4) is 5.75 Å². The molecule has 2 aliphatic rings. The van der Waals surface area contributed by atoms with Gasteiger partial charge in [0.25, 0.3) is 0 Å². The first-order valence-corrected chi connectivity index (χ1v) is 10.7. The Balaban J connectivity index is 1.72. The van der Waals surface area contributed by atoms with Crippen molar-refractivity contribution in [1.29, 1.82) is 0 Å². The zero-order chi connectivity index (χ0) is 22.2. The van der Waals surface area contributed by atoms with E-state index >= 15 is 0 Å². The fraction of sp³-hybridized carbons (Fsp3) is 0.500. The third kappa shape index (κ3) is 5.05. The first-order valence-electron chi connectivity index (χ1n) is 10.7. The van der Waals surface area contributed by atoms with Crippen LogP contribution in [-0.2, 0) is 30.4 Å². The van der Waals surface area contributed by atoms with Crippen LogP contribution in [0.25, 0.3) is 0 Å². The number of ether oxygens (including phenoxy) is 2. The van der Waals surface area contributed by atoms with Crippen molar-refractivity contribution in [3.63, 3.8) is 0 Å². The minimum Gasteiger partial charge on any atom is -0.405 e. The number of alkyl halides is 3. The van der Waals surface area contributed by atoms with Crippen LogP contribution in [0.1, 0.15) is 59.3 Å². The van der Waals surface area contributed by atoms with Crippen molar-refractivity contribution in [1.82, 2.24) is 0 Å². The van der Waals surface area contributed by atoms with E-state index in [0.717, 1.165) is 29.5 Å². The number of rotatable bonds is 6. The standard InChI is InChI=1S/C24H27F3O4/c1-2-15-10-23(31-24(25,26)27)21(22-12-19(29)11-20(13-28)30-22)9-18(15)8-14-3-4-16-5-6-17(16)7-14/h3-4,7,9-10,19-20,22,28-29H,2,5-6,8,11-13H2,1H3. The lowest BCUT2D eigenvalue weighted by Gasteiger charge is -2.34. The highest BCUT2D eigenvalue weighted by atomic mass is 19.4. The molecule has 1 fully saturated rings. The molecule has 2 aromatic carbocycles. The summed E-state index contributed by atoms with van der Waals surface area (Å²) in [5.74, 6) is -0.305. The quantitative estimate of drug-likeness (QED) is 0.704. The molecule has 0 radical (unpaired) electrons. The second-order valence-electron chi connectivity index (χ2n) is 8.39. The summed E-state index contributed by atoms with van der Waals surface area (Å²) in [6, 6.07) is 9.52. The van der Waals surface area contributed by atoms with Crippen LogP contribution >= 0.6 is 0 Å². The Morgan fingerprint density at radius 2 is 1.84 bits per heavy atom. The summed E-state index contributed by atoms with van der Waals surface area (Å²) in [6.45, 7) is 1.59. The average molecular weight is 436 g/mol. The van der Waals surface area contributed by atoms with Crippen LogP contribution in [0.15, 0.2) is 30.3 Å². The van der Waals surface area contributed by atoms with Crippen LogP contribution in [0.3, 0.4) is 0 Å². The summed E-state index contributed by atoms with van der Waals surface area (Å²) in [7, 11) is 0. The van der Waals surface area contributed by atoms with E-state index in [1.54, 1.807) is 6.07 Å². The van der Waals surface area contributed by atoms with Crippen molar-refractivity contribution >= 4 is 0 Å². The molecule has 0 bridgehead atoms. The maximum Gasteiger partial charge on any atom is 0.573 e. The van der Waals surface area contributed by atoms with Crippen molar-refractivity contribution in [2.45, 2.75) is 70.1 Å². The Morgan fingerprint density at radius 1 is 1.06 bits per heavy atom. The van der Waals surface area contributed by atoms with Gasteiger partial charge in [-0.1, -0.05) is 25.1 Å². The summed E-state index contributed by atoms with van der Waals surface area (Å²) in [5.41, 5.74) is 5.74. The molecule has 2 N–H and O–H groups in total. The van der Waals surface area contributed by atoms with Gasteiger partial charge in [-0.25, -0.2) is 0 Å². The van der Waals surface area contributed by atoms with Crippen molar-refractivity contribution in [2.75, 3.05) is 6.61 Å². The monoisotopic (exact) mass is 436 g/mol. The Bertz CT molecular complexity index is 941. The number of benzene rings is 2. The Hall–Kier alpha value is -2.09. The van der Waals surface area contributed by atoms with E-state index in [4.69, 9.17) is 4.74 Å². The SMILES string of the molecule is CCc1cc(OC(F)(F)F)c(C2CC(O)CC(CO)O2)cc1Cc1ccc2c(c1)CC2. The molecule has 0 amide bonds. The van der Waals surface area contributed by atoms with Gasteiger partial charge in [-0.05, 0) is 65.6 Å². The van der Waals surface area contributed by atoms with Crippen LogP contribution in [0.5, 0.6) is 5.75 Å². The normalized spacial score (nSPS) is 23.2. The third-order valence-corrected chi connectivity index (χ3v) is 6.20. The molecule has 4 rings (SSSR count). The number of aliphatic hydroxyl groups excluding tert-OH is 2. The zero-order valence-electron chi connectivity index (χ0n) is 17.4. The van der Waals surface area contributed by atoms with Gasteiger partial charge in [0.1, 0.15) is 5.75 Å². The average Bonchev–Trinajstić information content (AvgIpc) is 2.69. The number of fused-ring (bicyclic) bond motifs is 1. The van der Waals surface area contributed by atoms with E-state index in [-0.39, 0.29) is 30.8 Å².